The molecule has 0 aliphatic rings. The van der Waals surface area contributed by atoms with Crippen LogP contribution < -0.4 is 5.32 Å². The molecule has 86 valence electrons. The number of nitrogens with zero attached hydrogens (tertiary/aromatic N) is 3. The van der Waals surface area contributed by atoms with Crippen LogP contribution in [0.25, 0.3) is 0 Å². The summed E-state index contributed by atoms with van der Waals surface area (Å²) >= 11 is 1.32. The monoisotopic (exact) mass is 244 g/mol. The zero-order valence-electron chi connectivity index (χ0n) is 9.47. The summed E-state index contributed by atoms with van der Waals surface area (Å²) in [6.45, 7) is 2.13. The Morgan fingerprint density at radius 1 is 1.47 bits per heavy atom. The first kappa shape index (κ1) is 11.6. The van der Waals surface area contributed by atoms with E-state index in [4.69, 9.17) is 5.26 Å². The highest BCUT2D eigenvalue weighted by Crippen LogP contribution is 2.20. The molecule has 0 saturated heterocycles. The minimum absolute atomic E-state index is 0.595. The van der Waals surface area contributed by atoms with Gasteiger partial charge in [0.2, 0.25) is 0 Å². The number of aryl methyl sites for hydroxylation is 1. The van der Waals surface area contributed by atoms with E-state index in [1.54, 1.807) is 6.20 Å². The Morgan fingerprint density at radius 2 is 2.35 bits per heavy atom. The van der Waals surface area contributed by atoms with Crippen molar-refractivity contribution < 1.29 is 0 Å². The maximum Gasteiger partial charge on any atom is 0.189 e. The van der Waals surface area contributed by atoms with E-state index in [1.807, 2.05) is 18.2 Å². The number of hydrogen-bond acceptors (Lipinski definition) is 5. The second-order valence-electron chi connectivity index (χ2n) is 3.53. The van der Waals surface area contributed by atoms with E-state index in [2.05, 4.69) is 28.3 Å². The molecule has 1 N–H and O–H groups in total. The molecule has 0 spiro atoms. The van der Waals surface area contributed by atoms with Crippen LogP contribution in [-0.4, -0.2) is 9.97 Å². The van der Waals surface area contributed by atoms with Gasteiger partial charge in [-0.15, -0.1) is 0 Å². The van der Waals surface area contributed by atoms with Crippen LogP contribution in [0.2, 0.25) is 0 Å². The zero-order chi connectivity index (χ0) is 12.1. The van der Waals surface area contributed by atoms with Gasteiger partial charge in [-0.3, -0.25) is 0 Å². The van der Waals surface area contributed by atoms with Gasteiger partial charge in [0.25, 0.3) is 0 Å². The molecule has 2 rings (SSSR count). The Bertz CT molecular complexity index is 541. The number of aromatic nitrogens is 2. The molecule has 0 unspecified atom stereocenters. The van der Waals surface area contributed by atoms with E-state index in [1.165, 1.54) is 11.3 Å². The number of hydrogen-bond donors (Lipinski definition) is 1. The molecule has 0 bridgehead atoms. The van der Waals surface area contributed by atoms with Crippen molar-refractivity contribution in [2.45, 2.75) is 19.8 Å². The van der Waals surface area contributed by atoms with Crippen molar-refractivity contribution in [2.24, 2.45) is 0 Å². The minimum Gasteiger partial charge on any atom is -0.316 e. The molecule has 2 aromatic rings. The van der Waals surface area contributed by atoms with Crippen LogP contribution in [0.15, 0.2) is 24.4 Å². The van der Waals surface area contributed by atoms with Gasteiger partial charge in [0, 0.05) is 5.69 Å². The lowest BCUT2D eigenvalue weighted by atomic mass is 10.2. The molecule has 0 fully saturated rings. The van der Waals surface area contributed by atoms with Crippen LogP contribution in [0.4, 0.5) is 10.9 Å². The SMILES string of the molecule is CCCc1cccc(Nc2ncc(C#N)s2)n1. The van der Waals surface area contributed by atoms with Gasteiger partial charge in [-0.1, -0.05) is 30.7 Å². The van der Waals surface area contributed by atoms with E-state index < -0.39 is 0 Å². The second kappa shape index (κ2) is 5.41. The van der Waals surface area contributed by atoms with Gasteiger partial charge < -0.3 is 5.32 Å². The van der Waals surface area contributed by atoms with Crippen molar-refractivity contribution in [1.29, 1.82) is 5.26 Å². The second-order valence-corrected chi connectivity index (χ2v) is 4.56. The molecule has 0 aliphatic carbocycles. The summed E-state index contributed by atoms with van der Waals surface area (Å²) in [5, 5.41) is 12.5. The molecule has 2 heterocycles. The lowest BCUT2D eigenvalue weighted by Gasteiger charge is -2.03. The van der Waals surface area contributed by atoms with Crippen LogP contribution in [0.1, 0.15) is 23.9 Å². The molecule has 0 aliphatic heterocycles. The van der Waals surface area contributed by atoms with Crippen molar-refractivity contribution in [3.8, 4) is 6.07 Å². The molecule has 0 radical (unpaired) electrons. The van der Waals surface area contributed by atoms with E-state index in [0.717, 1.165) is 24.4 Å². The van der Waals surface area contributed by atoms with Crippen molar-refractivity contribution in [3.63, 3.8) is 0 Å². The average Bonchev–Trinajstić information content (AvgIpc) is 2.78. The molecule has 0 saturated carbocycles. The smallest absolute Gasteiger partial charge is 0.189 e. The fourth-order valence-corrected chi connectivity index (χ4v) is 2.06. The topological polar surface area (TPSA) is 61.6 Å². The number of nitrogens with one attached hydrogen (secondary N) is 1. The molecule has 2 aromatic heterocycles. The van der Waals surface area contributed by atoms with Crippen molar-refractivity contribution in [3.05, 3.63) is 35.0 Å². The first-order valence-corrected chi connectivity index (χ1v) is 6.22. The van der Waals surface area contributed by atoms with E-state index in [0.29, 0.717) is 10.0 Å². The highest BCUT2D eigenvalue weighted by Gasteiger charge is 2.02. The maximum atomic E-state index is 8.71. The lowest BCUT2D eigenvalue weighted by molar-refractivity contribution is 0.884. The molecule has 5 heteroatoms. The van der Waals surface area contributed by atoms with Gasteiger partial charge in [-0.05, 0) is 18.6 Å². The normalized spacial score (nSPS) is 9.88. The number of nitriles is 1. The maximum absolute atomic E-state index is 8.71. The Kier molecular flexibility index (Phi) is 3.68. The predicted octanol–water partition coefficient (Wildman–Crippen LogP) is 3.11. The van der Waals surface area contributed by atoms with Gasteiger partial charge in [0.15, 0.2) is 5.13 Å². The Morgan fingerprint density at radius 3 is 3.06 bits per heavy atom. The summed E-state index contributed by atoms with van der Waals surface area (Å²) in [4.78, 5) is 9.16. The molecular formula is C12H12N4S. The molecule has 0 amide bonds. The van der Waals surface area contributed by atoms with Crippen LogP contribution in [0.5, 0.6) is 0 Å². The fraction of sp³-hybridized carbons (Fsp3) is 0.250. The van der Waals surface area contributed by atoms with Crippen LogP contribution >= 0.6 is 11.3 Å². The van der Waals surface area contributed by atoms with Crippen molar-refractivity contribution in [1.82, 2.24) is 9.97 Å². The molecule has 4 nitrogen and oxygen atoms in total. The van der Waals surface area contributed by atoms with Gasteiger partial charge in [0.1, 0.15) is 16.8 Å². The quantitative estimate of drug-likeness (QED) is 0.897. The van der Waals surface area contributed by atoms with E-state index in [9.17, 15) is 0 Å². The summed E-state index contributed by atoms with van der Waals surface area (Å²) in [6.07, 6.45) is 3.60. The first-order chi connectivity index (χ1) is 8.31. The molecule has 17 heavy (non-hydrogen) atoms. The highest BCUT2D eigenvalue weighted by atomic mass is 32.1. The van der Waals surface area contributed by atoms with Gasteiger partial charge in [-0.2, -0.15) is 5.26 Å². The zero-order valence-corrected chi connectivity index (χ0v) is 10.3. The van der Waals surface area contributed by atoms with Crippen molar-refractivity contribution in [2.75, 3.05) is 5.32 Å². The average molecular weight is 244 g/mol. The van der Waals surface area contributed by atoms with Gasteiger partial charge in [-0.25, -0.2) is 9.97 Å². The Balaban J connectivity index is 2.13. The fourth-order valence-electron chi connectivity index (χ4n) is 1.44. The standard InChI is InChI=1S/C12H12N4S/c1-2-4-9-5-3-6-11(15-9)16-12-14-8-10(7-13)17-12/h3,5-6,8H,2,4H2,1H3,(H,14,15,16). The summed E-state index contributed by atoms with van der Waals surface area (Å²) in [5.41, 5.74) is 1.06. The summed E-state index contributed by atoms with van der Waals surface area (Å²) in [6, 6.07) is 7.94. The van der Waals surface area contributed by atoms with Crippen molar-refractivity contribution >= 4 is 22.3 Å². The van der Waals surface area contributed by atoms with Crippen LogP contribution in [0, 0.1) is 11.3 Å². The summed E-state index contributed by atoms with van der Waals surface area (Å²) < 4.78 is 0. The molecule has 0 aromatic carbocycles. The van der Waals surface area contributed by atoms with Crippen LogP contribution in [-0.2, 0) is 6.42 Å². The molecule has 0 atom stereocenters. The molecular weight excluding hydrogens is 232 g/mol. The number of thiazole rings is 1. The number of pyridine rings is 1. The van der Waals surface area contributed by atoms with Crippen LogP contribution in [0.3, 0.4) is 0 Å². The van der Waals surface area contributed by atoms with E-state index >= 15 is 0 Å². The summed E-state index contributed by atoms with van der Waals surface area (Å²) in [5.74, 6) is 0.773. The Labute approximate surface area is 104 Å². The number of rotatable bonds is 4. The van der Waals surface area contributed by atoms with Gasteiger partial charge >= 0.3 is 0 Å². The van der Waals surface area contributed by atoms with Gasteiger partial charge in [0.05, 0.1) is 6.20 Å². The third kappa shape index (κ3) is 3.02. The highest BCUT2D eigenvalue weighted by molar-refractivity contribution is 7.16. The number of anilines is 2. The predicted molar refractivity (Wildman–Crippen MR) is 68.3 cm³/mol. The Hall–Kier alpha value is -1.93. The minimum atomic E-state index is 0.595. The third-order valence-electron chi connectivity index (χ3n) is 2.16. The van der Waals surface area contributed by atoms with E-state index in [-0.39, 0.29) is 0 Å². The lowest BCUT2D eigenvalue weighted by Crippen LogP contribution is -1.96. The summed E-state index contributed by atoms with van der Waals surface area (Å²) in [7, 11) is 0. The largest absolute Gasteiger partial charge is 0.316 e. The first-order valence-electron chi connectivity index (χ1n) is 5.40. The third-order valence-corrected chi connectivity index (χ3v) is 2.98.